The molecule has 1 aliphatic rings. The van der Waals surface area contributed by atoms with E-state index in [1.807, 2.05) is 12.1 Å². The van der Waals surface area contributed by atoms with E-state index in [1.165, 1.54) is 43.5 Å². The molecule has 1 aromatic carbocycles. The van der Waals surface area contributed by atoms with Crippen LogP contribution in [0.3, 0.4) is 0 Å². The number of hydrogen-bond donors (Lipinski definition) is 1. The number of nitrogens with one attached hydrogen (secondary N) is 1. The average Bonchev–Trinajstić information content (AvgIpc) is 2.50. The number of nitrogens with zero attached hydrogens (tertiary/aromatic N) is 2. The molecule has 0 aromatic heterocycles. The van der Waals surface area contributed by atoms with E-state index in [0.717, 1.165) is 31.1 Å². The van der Waals surface area contributed by atoms with Crippen LogP contribution in [0, 0.1) is 24.2 Å². The maximum atomic E-state index is 8.97. The molecule has 1 heterocycles. The van der Waals surface area contributed by atoms with Crippen molar-refractivity contribution in [3.63, 3.8) is 0 Å². The van der Waals surface area contributed by atoms with Gasteiger partial charge >= 0.3 is 0 Å². The van der Waals surface area contributed by atoms with Crippen molar-refractivity contribution in [1.82, 2.24) is 10.2 Å². The molecule has 1 atom stereocenters. The van der Waals surface area contributed by atoms with Crippen molar-refractivity contribution < 1.29 is 0 Å². The third-order valence-corrected chi connectivity index (χ3v) is 4.32. The van der Waals surface area contributed by atoms with Crippen LogP contribution in [0.15, 0.2) is 18.2 Å². The van der Waals surface area contributed by atoms with Crippen molar-refractivity contribution in [3.05, 3.63) is 34.9 Å². The maximum Gasteiger partial charge on any atom is 0.0991 e. The van der Waals surface area contributed by atoms with Gasteiger partial charge in [-0.2, -0.15) is 5.26 Å². The highest BCUT2D eigenvalue weighted by Gasteiger charge is 2.17. The second-order valence-corrected chi connectivity index (χ2v) is 6.20. The van der Waals surface area contributed by atoms with Crippen LogP contribution in [0.2, 0.25) is 0 Å². The third-order valence-electron chi connectivity index (χ3n) is 4.32. The summed E-state index contributed by atoms with van der Waals surface area (Å²) < 4.78 is 0. The molecule has 1 unspecified atom stereocenters. The van der Waals surface area contributed by atoms with Gasteiger partial charge in [0.05, 0.1) is 11.6 Å². The first-order chi connectivity index (χ1) is 10.2. The molecule has 114 valence electrons. The van der Waals surface area contributed by atoms with Crippen LogP contribution in [0.1, 0.15) is 42.9 Å². The molecule has 1 saturated heterocycles. The van der Waals surface area contributed by atoms with E-state index >= 15 is 0 Å². The fourth-order valence-electron chi connectivity index (χ4n) is 3.18. The number of benzene rings is 1. The highest BCUT2D eigenvalue weighted by molar-refractivity contribution is 5.37. The first-order valence-electron chi connectivity index (χ1n) is 8.15. The fraction of sp³-hybridized carbons (Fsp3) is 0.611. The van der Waals surface area contributed by atoms with E-state index in [0.29, 0.717) is 0 Å². The lowest BCUT2D eigenvalue weighted by molar-refractivity contribution is 0.201. The van der Waals surface area contributed by atoms with Gasteiger partial charge in [-0.25, -0.2) is 0 Å². The second-order valence-electron chi connectivity index (χ2n) is 6.20. The summed E-state index contributed by atoms with van der Waals surface area (Å²) >= 11 is 0. The van der Waals surface area contributed by atoms with Gasteiger partial charge in [0.15, 0.2) is 0 Å². The molecule has 2 rings (SSSR count). The van der Waals surface area contributed by atoms with Crippen LogP contribution in [0.4, 0.5) is 0 Å². The Hall–Kier alpha value is -1.37. The van der Waals surface area contributed by atoms with Gasteiger partial charge < -0.3 is 5.32 Å². The summed E-state index contributed by atoms with van der Waals surface area (Å²) in [6.45, 7) is 10.0. The summed E-state index contributed by atoms with van der Waals surface area (Å²) in [5.74, 6) is 0.781. The van der Waals surface area contributed by atoms with Gasteiger partial charge in [0.2, 0.25) is 0 Å². The van der Waals surface area contributed by atoms with Crippen LogP contribution in [0.25, 0.3) is 0 Å². The zero-order chi connectivity index (χ0) is 15.1. The molecule has 3 nitrogen and oxygen atoms in total. The molecule has 0 bridgehead atoms. The van der Waals surface area contributed by atoms with Crippen molar-refractivity contribution in [2.75, 3.05) is 26.2 Å². The van der Waals surface area contributed by atoms with Crippen molar-refractivity contribution in [1.29, 1.82) is 5.26 Å². The standard InChI is InChI=1S/C18H27N3/c1-3-9-21(13-17-5-4-8-20-12-17)14-18-7-6-16(11-19)10-15(18)2/h6-7,10,17,20H,3-5,8-9,12-14H2,1-2H3. The van der Waals surface area contributed by atoms with Crippen LogP contribution >= 0.6 is 0 Å². The lowest BCUT2D eigenvalue weighted by Gasteiger charge is -2.30. The minimum atomic E-state index is 0.759. The van der Waals surface area contributed by atoms with E-state index in [2.05, 4.69) is 36.2 Å². The van der Waals surface area contributed by atoms with E-state index in [1.54, 1.807) is 0 Å². The number of nitriles is 1. The predicted molar refractivity (Wildman–Crippen MR) is 87.1 cm³/mol. The van der Waals surface area contributed by atoms with Gasteiger partial charge in [0, 0.05) is 13.1 Å². The Kier molecular flexibility index (Phi) is 6.22. The topological polar surface area (TPSA) is 39.1 Å². The second kappa shape index (κ2) is 8.17. The van der Waals surface area contributed by atoms with Gasteiger partial charge in [0.25, 0.3) is 0 Å². The molecule has 0 radical (unpaired) electrons. The van der Waals surface area contributed by atoms with Gasteiger partial charge in [-0.3, -0.25) is 4.90 Å². The molecule has 1 aromatic rings. The van der Waals surface area contributed by atoms with Crippen molar-refractivity contribution in [2.24, 2.45) is 5.92 Å². The van der Waals surface area contributed by atoms with Crippen LogP contribution in [0.5, 0.6) is 0 Å². The van der Waals surface area contributed by atoms with Gasteiger partial charge in [-0.15, -0.1) is 0 Å². The summed E-state index contributed by atoms with van der Waals surface area (Å²) in [4.78, 5) is 2.58. The Morgan fingerprint density at radius 2 is 2.29 bits per heavy atom. The van der Waals surface area contributed by atoms with Crippen molar-refractivity contribution in [2.45, 2.75) is 39.7 Å². The molecular weight excluding hydrogens is 258 g/mol. The SMILES string of the molecule is CCCN(Cc1ccc(C#N)cc1C)CC1CCCNC1. The summed E-state index contributed by atoms with van der Waals surface area (Å²) in [6, 6.07) is 8.28. The van der Waals surface area contributed by atoms with Crippen molar-refractivity contribution in [3.8, 4) is 6.07 Å². The number of hydrogen-bond acceptors (Lipinski definition) is 3. The molecule has 21 heavy (non-hydrogen) atoms. The minimum absolute atomic E-state index is 0.759. The largest absolute Gasteiger partial charge is 0.316 e. The molecule has 3 heteroatoms. The first kappa shape index (κ1) is 16.0. The minimum Gasteiger partial charge on any atom is -0.316 e. The molecule has 1 fully saturated rings. The quantitative estimate of drug-likeness (QED) is 0.873. The van der Waals surface area contributed by atoms with Gasteiger partial charge in [0.1, 0.15) is 0 Å². The smallest absolute Gasteiger partial charge is 0.0991 e. The van der Waals surface area contributed by atoms with E-state index in [-0.39, 0.29) is 0 Å². The molecule has 0 spiro atoms. The molecular formula is C18H27N3. The number of rotatable bonds is 6. The monoisotopic (exact) mass is 285 g/mol. The van der Waals surface area contributed by atoms with E-state index in [9.17, 15) is 0 Å². The number of aryl methyl sites for hydroxylation is 1. The predicted octanol–water partition coefficient (Wildman–Crippen LogP) is 3.08. The third kappa shape index (κ3) is 4.84. The van der Waals surface area contributed by atoms with Crippen LogP contribution in [-0.2, 0) is 6.54 Å². The fourth-order valence-corrected chi connectivity index (χ4v) is 3.18. The lowest BCUT2D eigenvalue weighted by atomic mass is 9.98. The van der Waals surface area contributed by atoms with Crippen LogP contribution < -0.4 is 5.32 Å². The van der Waals surface area contributed by atoms with Crippen molar-refractivity contribution >= 4 is 0 Å². The molecule has 0 amide bonds. The summed E-state index contributed by atoms with van der Waals surface area (Å²) in [7, 11) is 0. The van der Waals surface area contributed by atoms with Crippen LogP contribution in [-0.4, -0.2) is 31.1 Å². The Morgan fingerprint density at radius 3 is 2.90 bits per heavy atom. The van der Waals surface area contributed by atoms with E-state index < -0.39 is 0 Å². The number of piperidine rings is 1. The highest BCUT2D eigenvalue weighted by atomic mass is 15.1. The summed E-state index contributed by atoms with van der Waals surface area (Å²) in [6.07, 6.45) is 3.84. The Labute approximate surface area is 129 Å². The molecule has 1 N–H and O–H groups in total. The van der Waals surface area contributed by atoms with Gasteiger partial charge in [-0.05, 0) is 75.0 Å². The average molecular weight is 285 g/mol. The Morgan fingerprint density at radius 1 is 1.43 bits per heavy atom. The zero-order valence-electron chi connectivity index (χ0n) is 13.4. The maximum absolute atomic E-state index is 8.97. The summed E-state index contributed by atoms with van der Waals surface area (Å²) in [5, 5.41) is 12.5. The molecule has 0 aliphatic carbocycles. The lowest BCUT2D eigenvalue weighted by Crippen LogP contribution is -2.38. The molecule has 1 aliphatic heterocycles. The summed E-state index contributed by atoms with van der Waals surface area (Å²) in [5.41, 5.74) is 3.35. The van der Waals surface area contributed by atoms with E-state index in [4.69, 9.17) is 5.26 Å². The zero-order valence-corrected chi connectivity index (χ0v) is 13.4. The Bertz CT molecular complexity index is 484. The van der Waals surface area contributed by atoms with Gasteiger partial charge in [-0.1, -0.05) is 13.0 Å². The normalized spacial score (nSPS) is 18.7. The highest BCUT2D eigenvalue weighted by Crippen LogP contribution is 2.17. The Balaban J connectivity index is 1.99. The first-order valence-corrected chi connectivity index (χ1v) is 8.15. The molecule has 0 saturated carbocycles.